The van der Waals surface area contributed by atoms with Gasteiger partial charge < -0.3 is 10.1 Å². The van der Waals surface area contributed by atoms with Gasteiger partial charge in [0.1, 0.15) is 5.69 Å². The Bertz CT molecular complexity index is 577. The van der Waals surface area contributed by atoms with E-state index in [-0.39, 0.29) is 11.4 Å². The van der Waals surface area contributed by atoms with E-state index >= 15 is 0 Å². The number of aromatic amines is 1. The molecule has 0 saturated heterocycles. The fourth-order valence-electron chi connectivity index (χ4n) is 1.21. The third kappa shape index (κ3) is 1.81. The molecule has 0 atom stereocenters. The molecular formula is C10H7N3O3. The molecule has 6 heteroatoms. The first-order valence-corrected chi connectivity index (χ1v) is 4.42. The van der Waals surface area contributed by atoms with Crippen molar-refractivity contribution in [1.29, 1.82) is 0 Å². The van der Waals surface area contributed by atoms with E-state index in [2.05, 4.69) is 15.0 Å². The molecule has 0 radical (unpaired) electrons. The number of aromatic nitrogens is 3. The number of carboxylic acid groups (broad SMARTS) is 1. The summed E-state index contributed by atoms with van der Waals surface area (Å²) >= 11 is 0. The van der Waals surface area contributed by atoms with Crippen molar-refractivity contribution in [3.05, 3.63) is 46.8 Å². The number of H-pyrrole nitrogens is 1. The van der Waals surface area contributed by atoms with E-state index in [0.717, 1.165) is 6.20 Å². The van der Waals surface area contributed by atoms with Gasteiger partial charge in [0.15, 0.2) is 5.69 Å². The van der Waals surface area contributed by atoms with Gasteiger partial charge in [-0.15, -0.1) is 0 Å². The Kier molecular flexibility index (Phi) is 2.47. The molecule has 6 nitrogen and oxygen atoms in total. The first-order valence-electron chi connectivity index (χ1n) is 4.42. The van der Waals surface area contributed by atoms with Crippen LogP contribution in [-0.2, 0) is 0 Å². The van der Waals surface area contributed by atoms with Crippen molar-refractivity contribution in [2.75, 3.05) is 0 Å². The van der Waals surface area contributed by atoms with Gasteiger partial charge in [-0.2, -0.15) is 0 Å². The summed E-state index contributed by atoms with van der Waals surface area (Å²) in [6.07, 6.45) is 4.06. The lowest BCUT2D eigenvalue weighted by molar-refractivity contribution is 0.0690. The molecular weight excluding hydrogens is 210 g/mol. The highest BCUT2D eigenvalue weighted by Gasteiger charge is 2.10. The number of aromatic carboxylic acids is 1. The maximum atomic E-state index is 11.5. The van der Waals surface area contributed by atoms with Gasteiger partial charge in [-0.1, -0.05) is 0 Å². The SMILES string of the molecule is O=C(O)c1c[nH]c(=O)c(-c2cccnc2)n1. The smallest absolute Gasteiger partial charge is 0.356 e. The molecule has 80 valence electrons. The predicted molar refractivity (Wildman–Crippen MR) is 55.0 cm³/mol. The minimum absolute atomic E-state index is 0.0491. The van der Waals surface area contributed by atoms with Crippen LogP contribution in [0.4, 0.5) is 0 Å². The van der Waals surface area contributed by atoms with Gasteiger partial charge in [-0.05, 0) is 12.1 Å². The molecule has 0 bridgehead atoms. The van der Waals surface area contributed by atoms with Gasteiger partial charge in [-0.3, -0.25) is 9.78 Å². The highest BCUT2D eigenvalue weighted by Crippen LogP contribution is 2.10. The normalized spacial score (nSPS) is 10.0. The molecule has 0 saturated carbocycles. The minimum atomic E-state index is -1.19. The zero-order chi connectivity index (χ0) is 11.5. The number of carboxylic acids is 1. The summed E-state index contributed by atoms with van der Waals surface area (Å²) in [5.41, 5.74) is -0.128. The minimum Gasteiger partial charge on any atom is -0.476 e. The summed E-state index contributed by atoms with van der Waals surface area (Å²) in [7, 11) is 0. The van der Waals surface area contributed by atoms with E-state index in [0.29, 0.717) is 5.56 Å². The molecule has 0 fully saturated rings. The monoisotopic (exact) mass is 217 g/mol. The van der Waals surface area contributed by atoms with Crippen LogP contribution in [0.3, 0.4) is 0 Å². The maximum Gasteiger partial charge on any atom is 0.356 e. The molecule has 0 aromatic carbocycles. The van der Waals surface area contributed by atoms with Crippen LogP contribution in [0, 0.1) is 0 Å². The molecule has 0 spiro atoms. The second-order valence-corrected chi connectivity index (χ2v) is 3.01. The van der Waals surface area contributed by atoms with Crippen LogP contribution in [0.5, 0.6) is 0 Å². The highest BCUT2D eigenvalue weighted by molar-refractivity contribution is 5.85. The second-order valence-electron chi connectivity index (χ2n) is 3.01. The summed E-state index contributed by atoms with van der Waals surface area (Å²) in [6, 6.07) is 3.28. The van der Waals surface area contributed by atoms with E-state index in [1.54, 1.807) is 18.3 Å². The van der Waals surface area contributed by atoms with Gasteiger partial charge >= 0.3 is 5.97 Å². The molecule has 0 amide bonds. The van der Waals surface area contributed by atoms with E-state index in [1.165, 1.54) is 6.20 Å². The number of nitrogens with zero attached hydrogens (tertiary/aromatic N) is 2. The third-order valence-electron chi connectivity index (χ3n) is 1.94. The molecule has 2 rings (SSSR count). The Morgan fingerprint density at radius 1 is 1.44 bits per heavy atom. The van der Waals surface area contributed by atoms with Gasteiger partial charge in [0.05, 0.1) is 0 Å². The number of nitrogens with one attached hydrogen (secondary N) is 1. The highest BCUT2D eigenvalue weighted by atomic mass is 16.4. The summed E-state index contributed by atoms with van der Waals surface area (Å²) in [5, 5.41) is 8.75. The van der Waals surface area contributed by atoms with E-state index < -0.39 is 11.5 Å². The molecule has 2 aromatic rings. The Morgan fingerprint density at radius 3 is 2.88 bits per heavy atom. The van der Waals surface area contributed by atoms with Crippen molar-refractivity contribution < 1.29 is 9.90 Å². The Balaban J connectivity index is 2.61. The van der Waals surface area contributed by atoms with E-state index in [9.17, 15) is 9.59 Å². The standard InChI is InChI=1S/C10H7N3O3/c14-9-8(6-2-1-3-11-4-6)13-7(5-12-9)10(15)16/h1-5H,(H,12,14)(H,15,16). The van der Waals surface area contributed by atoms with Crippen LogP contribution in [0.2, 0.25) is 0 Å². The quantitative estimate of drug-likeness (QED) is 0.764. The van der Waals surface area contributed by atoms with Crippen LogP contribution < -0.4 is 5.56 Å². The zero-order valence-electron chi connectivity index (χ0n) is 8.04. The summed E-state index contributed by atoms with van der Waals surface area (Å²) in [6.45, 7) is 0. The lowest BCUT2D eigenvalue weighted by atomic mass is 10.2. The maximum absolute atomic E-state index is 11.5. The van der Waals surface area contributed by atoms with Crippen molar-refractivity contribution >= 4 is 5.97 Å². The van der Waals surface area contributed by atoms with Crippen molar-refractivity contribution in [2.45, 2.75) is 0 Å². The Hall–Kier alpha value is -2.50. The van der Waals surface area contributed by atoms with Crippen molar-refractivity contribution in [2.24, 2.45) is 0 Å². The van der Waals surface area contributed by atoms with Crippen molar-refractivity contribution in [3.63, 3.8) is 0 Å². The van der Waals surface area contributed by atoms with Gasteiger partial charge in [0, 0.05) is 24.2 Å². The first kappa shape index (κ1) is 10.0. The summed E-state index contributed by atoms with van der Waals surface area (Å²) in [5.74, 6) is -1.19. The largest absolute Gasteiger partial charge is 0.476 e. The van der Waals surface area contributed by atoms with Crippen LogP contribution >= 0.6 is 0 Å². The summed E-state index contributed by atoms with van der Waals surface area (Å²) < 4.78 is 0. The third-order valence-corrected chi connectivity index (χ3v) is 1.94. The van der Waals surface area contributed by atoms with Gasteiger partial charge in [-0.25, -0.2) is 9.78 Å². The lowest BCUT2D eigenvalue weighted by Crippen LogP contribution is -2.15. The molecule has 2 heterocycles. The second kappa shape index (κ2) is 3.93. The topological polar surface area (TPSA) is 95.9 Å². The fourth-order valence-corrected chi connectivity index (χ4v) is 1.21. The fraction of sp³-hybridized carbons (Fsp3) is 0. The Morgan fingerprint density at radius 2 is 2.25 bits per heavy atom. The molecule has 2 N–H and O–H groups in total. The average Bonchev–Trinajstić information content (AvgIpc) is 2.30. The van der Waals surface area contributed by atoms with Crippen molar-refractivity contribution in [1.82, 2.24) is 15.0 Å². The number of hydrogen-bond donors (Lipinski definition) is 2. The number of carbonyl (C=O) groups is 1. The average molecular weight is 217 g/mol. The lowest BCUT2D eigenvalue weighted by Gasteiger charge is -1.99. The van der Waals surface area contributed by atoms with Crippen LogP contribution in [0.15, 0.2) is 35.5 Å². The van der Waals surface area contributed by atoms with E-state index in [4.69, 9.17) is 5.11 Å². The molecule has 2 aromatic heterocycles. The van der Waals surface area contributed by atoms with Gasteiger partial charge in [0.2, 0.25) is 0 Å². The molecule has 0 aliphatic rings. The first-order chi connectivity index (χ1) is 7.68. The Labute approximate surface area is 89.6 Å². The van der Waals surface area contributed by atoms with Crippen LogP contribution in [-0.4, -0.2) is 26.0 Å². The molecule has 0 unspecified atom stereocenters. The van der Waals surface area contributed by atoms with Crippen molar-refractivity contribution in [3.8, 4) is 11.3 Å². The van der Waals surface area contributed by atoms with Gasteiger partial charge in [0.25, 0.3) is 5.56 Å². The number of pyridine rings is 1. The van der Waals surface area contributed by atoms with Crippen LogP contribution in [0.1, 0.15) is 10.5 Å². The number of rotatable bonds is 2. The molecule has 0 aliphatic carbocycles. The zero-order valence-corrected chi connectivity index (χ0v) is 8.04. The van der Waals surface area contributed by atoms with Crippen LogP contribution in [0.25, 0.3) is 11.3 Å². The van der Waals surface area contributed by atoms with E-state index in [1.807, 2.05) is 0 Å². The number of hydrogen-bond acceptors (Lipinski definition) is 4. The molecule has 0 aliphatic heterocycles. The predicted octanol–water partition coefficient (Wildman–Crippen LogP) is 0.530. The summed E-state index contributed by atoms with van der Waals surface area (Å²) in [4.78, 5) is 32.1. The molecule has 16 heavy (non-hydrogen) atoms.